The third-order valence-electron chi connectivity index (χ3n) is 2.43. The topological polar surface area (TPSA) is 82.7 Å². The molecule has 0 saturated heterocycles. The van der Waals surface area contributed by atoms with Crippen molar-refractivity contribution in [1.82, 2.24) is 10.8 Å². The molecule has 2 rings (SSSR count). The summed E-state index contributed by atoms with van der Waals surface area (Å²) < 4.78 is 5.04. The summed E-state index contributed by atoms with van der Waals surface area (Å²) in [4.78, 5) is 16.6. The Balaban J connectivity index is 0.00000200. The monoisotopic (exact) mass is 302 g/mol. The molecule has 6 nitrogen and oxygen atoms in total. The predicted octanol–water partition coefficient (Wildman–Crippen LogP) is -2.34. The number of nitrogens with one attached hydrogen (secondary N) is 2. The van der Waals surface area contributed by atoms with E-state index in [2.05, 4.69) is 10.8 Å². The van der Waals surface area contributed by atoms with Crippen LogP contribution in [0.5, 0.6) is 5.75 Å². The average molecular weight is 302 g/mol. The Kier molecular flexibility index (Phi) is 6.66. The molecule has 0 aliphatic carbocycles. The van der Waals surface area contributed by atoms with Gasteiger partial charge >= 0.3 is 57.5 Å². The molecule has 0 aromatic heterocycles. The van der Waals surface area contributed by atoms with Crippen LogP contribution in [0.4, 0.5) is 4.79 Å². The van der Waals surface area contributed by atoms with Crippen LogP contribution in [0.1, 0.15) is 13.8 Å². The van der Waals surface area contributed by atoms with E-state index in [0.717, 1.165) is 0 Å². The molecular weight excluding hydrogens is 287 g/mol. The van der Waals surface area contributed by atoms with E-state index in [-0.39, 0.29) is 57.1 Å². The molecule has 1 heterocycles. The largest absolute Gasteiger partial charge is 1.00 e. The summed E-state index contributed by atoms with van der Waals surface area (Å²) in [6.45, 7) is 2.95. The second-order valence-corrected chi connectivity index (χ2v) is 4.59. The zero-order valence-electron chi connectivity index (χ0n) is 11.7. The van der Waals surface area contributed by atoms with E-state index in [1.165, 1.54) is 19.9 Å². The second-order valence-electron chi connectivity index (χ2n) is 4.59. The number of ether oxygens (including phenoxy) is 1. The molecule has 0 bridgehead atoms. The number of carbonyl (C=O) groups is 1. The second kappa shape index (κ2) is 7.55. The molecule has 0 spiro atoms. The van der Waals surface area contributed by atoms with E-state index in [4.69, 9.17) is 9.57 Å². The third kappa shape index (κ3) is 5.17. The Bertz CT molecular complexity index is 485. The third-order valence-corrected chi connectivity index (χ3v) is 2.43. The van der Waals surface area contributed by atoms with Crippen LogP contribution in [-0.2, 0) is 4.84 Å². The number of benzene rings is 1. The Morgan fingerprint density at radius 1 is 1.40 bits per heavy atom. The summed E-state index contributed by atoms with van der Waals surface area (Å²) in [6.07, 6.45) is 0.298. The molecule has 0 fully saturated rings. The summed E-state index contributed by atoms with van der Waals surface area (Å²) in [7, 11) is 0. The van der Waals surface area contributed by atoms with Crippen molar-refractivity contribution in [2.75, 3.05) is 0 Å². The standard InChI is InChI=1S/C13H15N2O4.K/c1-13(2,17)10-8-11(15-19-10)14-12(16)18-9-6-4-3-5-7-9;/h3-8,11,15H,1-2H3,(H,14,16);/q-1;+1. The maximum Gasteiger partial charge on any atom is 1.00 e. The van der Waals surface area contributed by atoms with Crippen molar-refractivity contribution < 1.29 is 70.9 Å². The molecule has 1 aliphatic heterocycles. The van der Waals surface area contributed by atoms with Gasteiger partial charge in [-0.25, -0.2) is 4.79 Å². The van der Waals surface area contributed by atoms with Crippen molar-refractivity contribution in [3.05, 3.63) is 42.2 Å². The molecule has 1 aromatic rings. The van der Waals surface area contributed by atoms with Crippen molar-refractivity contribution in [3.63, 3.8) is 0 Å². The predicted molar refractivity (Wildman–Crippen MR) is 65.8 cm³/mol. The molecule has 1 amide bonds. The van der Waals surface area contributed by atoms with Crippen molar-refractivity contribution in [2.45, 2.75) is 25.6 Å². The summed E-state index contributed by atoms with van der Waals surface area (Å²) in [5, 5.41) is 14.2. The Morgan fingerprint density at radius 3 is 2.60 bits per heavy atom. The fourth-order valence-corrected chi connectivity index (χ4v) is 1.49. The fraction of sp³-hybridized carbons (Fsp3) is 0.308. The minimum absolute atomic E-state index is 0. The van der Waals surface area contributed by atoms with Crippen molar-refractivity contribution in [2.24, 2.45) is 0 Å². The van der Waals surface area contributed by atoms with Gasteiger partial charge in [0.15, 0.2) is 0 Å². The molecule has 1 unspecified atom stereocenters. The zero-order valence-corrected chi connectivity index (χ0v) is 14.8. The first-order chi connectivity index (χ1) is 8.95. The quantitative estimate of drug-likeness (QED) is 0.612. The van der Waals surface area contributed by atoms with Gasteiger partial charge in [-0.3, -0.25) is 5.32 Å². The first-order valence-electron chi connectivity index (χ1n) is 5.83. The normalized spacial score (nSPS) is 17.6. The number of hydrogen-bond acceptors (Lipinski definition) is 5. The number of carbonyl (C=O) groups excluding carboxylic acids is 1. The molecule has 20 heavy (non-hydrogen) atoms. The van der Waals surface area contributed by atoms with Crippen LogP contribution in [0.2, 0.25) is 0 Å². The average Bonchev–Trinajstić information content (AvgIpc) is 2.78. The number of hydrogen-bond donors (Lipinski definition) is 2. The smallest absolute Gasteiger partial charge is 0.844 e. The van der Waals surface area contributed by atoms with E-state index < -0.39 is 17.9 Å². The number of hydroxylamine groups is 1. The van der Waals surface area contributed by atoms with Crippen LogP contribution in [0.3, 0.4) is 0 Å². The maximum atomic E-state index is 11.7. The van der Waals surface area contributed by atoms with Crippen molar-refractivity contribution in [3.8, 4) is 5.75 Å². The van der Waals surface area contributed by atoms with E-state index >= 15 is 0 Å². The van der Waals surface area contributed by atoms with Crippen LogP contribution in [-0.4, -0.2) is 17.9 Å². The van der Waals surface area contributed by atoms with Gasteiger partial charge in [-0.2, -0.15) is 0 Å². The molecular formula is C13H15KN2O4. The minimum atomic E-state index is -1.35. The van der Waals surface area contributed by atoms with Gasteiger partial charge in [0.05, 0.1) is 0 Å². The van der Waals surface area contributed by atoms with Gasteiger partial charge in [-0.15, -0.1) is 5.48 Å². The van der Waals surface area contributed by atoms with Crippen LogP contribution in [0.25, 0.3) is 0 Å². The van der Waals surface area contributed by atoms with E-state index in [0.29, 0.717) is 5.75 Å². The van der Waals surface area contributed by atoms with Gasteiger partial charge in [0, 0.05) is 0 Å². The minimum Gasteiger partial charge on any atom is -0.844 e. The van der Waals surface area contributed by atoms with Crippen molar-refractivity contribution in [1.29, 1.82) is 0 Å². The van der Waals surface area contributed by atoms with E-state index in [1.54, 1.807) is 24.3 Å². The number of amides is 1. The van der Waals surface area contributed by atoms with Crippen molar-refractivity contribution >= 4 is 6.09 Å². The summed E-state index contributed by atoms with van der Waals surface area (Å²) >= 11 is 0. The molecule has 102 valence electrons. The SMILES string of the molecule is CC(C)([O-])C1=CC(NC(=O)Oc2ccccc2)NO1.[K+]. The first kappa shape index (κ1) is 17.6. The van der Waals surface area contributed by atoms with Gasteiger partial charge in [0.2, 0.25) is 0 Å². The summed E-state index contributed by atoms with van der Waals surface area (Å²) in [6, 6.07) is 8.68. The molecule has 1 atom stereocenters. The molecule has 0 saturated carbocycles. The van der Waals surface area contributed by atoms with Gasteiger partial charge in [-0.1, -0.05) is 37.6 Å². The number of rotatable bonds is 3. The summed E-state index contributed by atoms with van der Waals surface area (Å²) in [5.41, 5.74) is 1.17. The molecule has 7 heteroatoms. The molecule has 1 aromatic carbocycles. The maximum absolute atomic E-state index is 11.7. The van der Waals surface area contributed by atoms with Crippen LogP contribution in [0.15, 0.2) is 42.2 Å². The Labute approximate surface area is 159 Å². The first-order valence-corrected chi connectivity index (χ1v) is 5.83. The summed E-state index contributed by atoms with van der Waals surface area (Å²) in [5.74, 6) is 0.671. The molecule has 0 radical (unpaired) electrons. The van der Waals surface area contributed by atoms with Gasteiger partial charge in [-0.05, 0) is 18.2 Å². The van der Waals surface area contributed by atoms with Gasteiger partial charge < -0.3 is 14.7 Å². The van der Waals surface area contributed by atoms with Crippen LogP contribution >= 0.6 is 0 Å². The molecule has 2 N–H and O–H groups in total. The van der Waals surface area contributed by atoms with Crippen LogP contribution in [0, 0.1) is 0 Å². The van der Waals surface area contributed by atoms with Gasteiger partial charge in [0.1, 0.15) is 17.7 Å². The Morgan fingerprint density at radius 2 is 2.05 bits per heavy atom. The molecule has 1 aliphatic rings. The van der Waals surface area contributed by atoms with E-state index in [9.17, 15) is 9.90 Å². The Hall–Kier alpha value is -0.414. The fourth-order valence-electron chi connectivity index (χ4n) is 1.49. The van der Waals surface area contributed by atoms with Crippen LogP contribution < -0.4 is 72.0 Å². The van der Waals surface area contributed by atoms with E-state index in [1.807, 2.05) is 6.07 Å². The number of para-hydroxylation sites is 1. The zero-order chi connectivity index (χ0) is 13.9. The van der Waals surface area contributed by atoms with Gasteiger partial charge in [0.25, 0.3) is 0 Å².